The number of para-hydroxylation sites is 2. The van der Waals surface area contributed by atoms with E-state index in [4.69, 9.17) is 4.74 Å². The zero-order valence-corrected chi connectivity index (χ0v) is 15.7. The van der Waals surface area contributed by atoms with Gasteiger partial charge in [0.2, 0.25) is 0 Å². The van der Waals surface area contributed by atoms with Crippen molar-refractivity contribution in [3.63, 3.8) is 0 Å². The van der Waals surface area contributed by atoms with E-state index in [1.54, 1.807) is 24.3 Å². The summed E-state index contributed by atoms with van der Waals surface area (Å²) in [7, 11) is 1.52. The zero-order valence-electron chi connectivity index (χ0n) is 15.7. The van der Waals surface area contributed by atoms with Gasteiger partial charge in [0.05, 0.1) is 12.8 Å². The van der Waals surface area contributed by atoms with Crippen molar-refractivity contribution < 1.29 is 14.3 Å². The molecule has 5 nitrogen and oxygen atoms in total. The number of nitrogens with zero attached hydrogens (tertiary/aromatic N) is 1. The van der Waals surface area contributed by atoms with Gasteiger partial charge in [-0.3, -0.25) is 9.59 Å². The summed E-state index contributed by atoms with van der Waals surface area (Å²) in [6.07, 6.45) is 0. The van der Waals surface area contributed by atoms with Gasteiger partial charge in [-0.2, -0.15) is 0 Å². The van der Waals surface area contributed by atoms with Crippen LogP contribution < -0.4 is 10.1 Å². The summed E-state index contributed by atoms with van der Waals surface area (Å²) in [5, 5.41) is 2.66. The summed E-state index contributed by atoms with van der Waals surface area (Å²) in [5.74, 6) is -0.795. The van der Waals surface area contributed by atoms with Crippen molar-refractivity contribution >= 4 is 17.5 Å². The highest BCUT2D eigenvalue weighted by molar-refractivity contribution is 6.39. The number of amides is 2. The first-order valence-electron chi connectivity index (χ1n) is 8.98. The lowest BCUT2D eigenvalue weighted by molar-refractivity contribution is -0.144. The van der Waals surface area contributed by atoms with E-state index >= 15 is 0 Å². The lowest BCUT2D eigenvalue weighted by Gasteiger charge is -2.22. The SMILES string of the molecule is COc1ccccc1NC(=O)C(=O)N(Cc1ccccc1)Cc1ccccc1. The Morgan fingerprint density at radius 3 is 1.82 bits per heavy atom. The van der Waals surface area contributed by atoms with Gasteiger partial charge in [-0.05, 0) is 23.3 Å². The number of carbonyl (C=O) groups excluding carboxylic acids is 2. The average molecular weight is 374 g/mol. The van der Waals surface area contributed by atoms with Crippen molar-refractivity contribution in [3.8, 4) is 5.75 Å². The van der Waals surface area contributed by atoms with Crippen LogP contribution in [0.4, 0.5) is 5.69 Å². The fourth-order valence-corrected chi connectivity index (χ4v) is 2.87. The van der Waals surface area contributed by atoms with Gasteiger partial charge < -0.3 is 15.0 Å². The topological polar surface area (TPSA) is 58.6 Å². The van der Waals surface area contributed by atoms with Crippen LogP contribution in [0.15, 0.2) is 84.9 Å². The van der Waals surface area contributed by atoms with Crippen molar-refractivity contribution in [2.45, 2.75) is 13.1 Å². The molecule has 0 radical (unpaired) electrons. The molecule has 3 rings (SSSR count). The lowest BCUT2D eigenvalue weighted by Crippen LogP contribution is -2.39. The molecule has 2 amide bonds. The molecule has 0 fully saturated rings. The van der Waals surface area contributed by atoms with Crippen LogP contribution in [0.1, 0.15) is 11.1 Å². The first-order valence-corrected chi connectivity index (χ1v) is 8.98. The van der Waals surface area contributed by atoms with Crippen molar-refractivity contribution in [3.05, 3.63) is 96.1 Å². The average Bonchev–Trinajstić information content (AvgIpc) is 2.74. The van der Waals surface area contributed by atoms with E-state index in [-0.39, 0.29) is 0 Å². The summed E-state index contributed by atoms with van der Waals surface area (Å²) in [5.41, 5.74) is 2.37. The Bertz CT molecular complexity index is 885. The second kappa shape index (κ2) is 9.37. The Labute approximate surface area is 164 Å². The van der Waals surface area contributed by atoms with Gasteiger partial charge >= 0.3 is 11.8 Å². The molecule has 1 N–H and O–H groups in total. The second-order valence-corrected chi connectivity index (χ2v) is 6.29. The molecule has 142 valence electrons. The third-order valence-electron chi connectivity index (χ3n) is 4.27. The highest BCUT2D eigenvalue weighted by Gasteiger charge is 2.23. The molecule has 0 atom stereocenters. The highest BCUT2D eigenvalue weighted by atomic mass is 16.5. The third-order valence-corrected chi connectivity index (χ3v) is 4.27. The molecule has 28 heavy (non-hydrogen) atoms. The number of carbonyl (C=O) groups is 2. The molecular formula is C23H22N2O3. The summed E-state index contributed by atoms with van der Waals surface area (Å²) < 4.78 is 5.24. The smallest absolute Gasteiger partial charge is 0.314 e. The molecule has 0 unspecified atom stereocenters. The molecule has 5 heteroatoms. The second-order valence-electron chi connectivity index (χ2n) is 6.29. The van der Waals surface area contributed by atoms with Crippen LogP contribution in [-0.4, -0.2) is 23.8 Å². The van der Waals surface area contributed by atoms with Crippen molar-refractivity contribution in [2.75, 3.05) is 12.4 Å². The normalized spacial score (nSPS) is 10.2. The minimum Gasteiger partial charge on any atom is -0.495 e. The molecule has 0 aliphatic rings. The van der Waals surface area contributed by atoms with Gasteiger partial charge in [0, 0.05) is 13.1 Å². The highest BCUT2D eigenvalue weighted by Crippen LogP contribution is 2.23. The van der Waals surface area contributed by atoms with Crippen LogP contribution in [0.25, 0.3) is 0 Å². The monoisotopic (exact) mass is 374 g/mol. The molecule has 0 bridgehead atoms. The number of methoxy groups -OCH3 is 1. The number of benzene rings is 3. The molecule has 0 aliphatic heterocycles. The van der Waals surface area contributed by atoms with Crippen molar-refractivity contribution in [1.29, 1.82) is 0 Å². The predicted octanol–water partition coefficient (Wildman–Crippen LogP) is 3.86. The molecule has 0 spiro atoms. The number of hydrogen-bond donors (Lipinski definition) is 1. The van der Waals surface area contributed by atoms with Gasteiger partial charge in [0.1, 0.15) is 5.75 Å². The largest absolute Gasteiger partial charge is 0.495 e. The molecule has 3 aromatic carbocycles. The van der Waals surface area contributed by atoms with Crippen LogP contribution in [0.2, 0.25) is 0 Å². The third kappa shape index (κ3) is 4.98. The van der Waals surface area contributed by atoms with Crippen LogP contribution in [-0.2, 0) is 22.7 Å². The standard InChI is InChI=1S/C23H22N2O3/c1-28-21-15-9-8-14-20(21)24-22(26)23(27)25(16-18-10-4-2-5-11-18)17-19-12-6-3-7-13-19/h2-15H,16-17H2,1H3,(H,24,26). The quantitative estimate of drug-likeness (QED) is 0.667. The number of anilines is 1. The van der Waals surface area contributed by atoms with Crippen molar-refractivity contribution in [2.24, 2.45) is 0 Å². The molecule has 0 aromatic heterocycles. The van der Waals surface area contributed by atoms with E-state index in [1.165, 1.54) is 12.0 Å². The van der Waals surface area contributed by atoms with Crippen LogP contribution in [0.5, 0.6) is 5.75 Å². The van der Waals surface area contributed by atoms with E-state index in [9.17, 15) is 9.59 Å². The number of hydrogen-bond acceptors (Lipinski definition) is 3. The lowest BCUT2D eigenvalue weighted by atomic mass is 10.1. The fraction of sp³-hybridized carbons (Fsp3) is 0.130. The summed E-state index contributed by atoms with van der Waals surface area (Å²) >= 11 is 0. The Kier molecular flexibility index (Phi) is 6.41. The van der Waals surface area contributed by atoms with Gasteiger partial charge in [0.25, 0.3) is 0 Å². The Morgan fingerprint density at radius 1 is 0.786 bits per heavy atom. The van der Waals surface area contributed by atoms with Gasteiger partial charge in [0.15, 0.2) is 0 Å². The maximum Gasteiger partial charge on any atom is 0.314 e. The summed E-state index contributed by atoms with van der Waals surface area (Å²) in [6.45, 7) is 0.682. The molecule has 0 aliphatic carbocycles. The van der Waals surface area contributed by atoms with Gasteiger partial charge in [-0.15, -0.1) is 0 Å². The van der Waals surface area contributed by atoms with Crippen LogP contribution >= 0.6 is 0 Å². The van der Waals surface area contributed by atoms with Gasteiger partial charge in [-0.25, -0.2) is 0 Å². The fourth-order valence-electron chi connectivity index (χ4n) is 2.87. The summed E-state index contributed by atoms with van der Waals surface area (Å²) in [4.78, 5) is 27.1. The molecule has 0 saturated carbocycles. The molecular weight excluding hydrogens is 352 g/mol. The van der Waals surface area contributed by atoms with Gasteiger partial charge in [-0.1, -0.05) is 72.8 Å². The Morgan fingerprint density at radius 2 is 1.29 bits per heavy atom. The van der Waals surface area contributed by atoms with E-state index in [0.29, 0.717) is 24.5 Å². The van der Waals surface area contributed by atoms with E-state index in [0.717, 1.165) is 11.1 Å². The van der Waals surface area contributed by atoms with E-state index in [1.807, 2.05) is 60.7 Å². The predicted molar refractivity (Wildman–Crippen MR) is 109 cm³/mol. The minimum absolute atomic E-state index is 0.341. The van der Waals surface area contributed by atoms with E-state index < -0.39 is 11.8 Å². The maximum absolute atomic E-state index is 12.9. The molecule has 0 heterocycles. The first-order chi connectivity index (χ1) is 13.7. The summed E-state index contributed by atoms with van der Waals surface area (Å²) in [6, 6.07) is 26.2. The number of ether oxygens (including phenoxy) is 1. The number of rotatable bonds is 6. The van der Waals surface area contributed by atoms with Crippen molar-refractivity contribution in [1.82, 2.24) is 4.90 Å². The molecule has 0 saturated heterocycles. The van der Waals surface area contributed by atoms with Crippen LogP contribution in [0, 0.1) is 0 Å². The molecule has 3 aromatic rings. The minimum atomic E-state index is -0.698. The zero-order chi connectivity index (χ0) is 19.8. The number of nitrogens with one attached hydrogen (secondary N) is 1. The first kappa shape index (κ1) is 19.2. The Balaban J connectivity index is 1.79. The van der Waals surface area contributed by atoms with Crippen LogP contribution in [0.3, 0.4) is 0 Å². The van der Waals surface area contributed by atoms with E-state index in [2.05, 4.69) is 5.32 Å². The maximum atomic E-state index is 12.9. The Hall–Kier alpha value is -3.60.